The Morgan fingerprint density at radius 2 is 2.11 bits per heavy atom. The molecule has 5 nitrogen and oxygen atoms in total. The van der Waals surface area contributed by atoms with Gasteiger partial charge in [0.2, 0.25) is 5.91 Å². The Balaban J connectivity index is 2.12. The van der Waals surface area contributed by atoms with E-state index >= 15 is 0 Å². The number of amides is 1. The van der Waals surface area contributed by atoms with Crippen molar-refractivity contribution in [1.29, 1.82) is 0 Å². The van der Waals surface area contributed by atoms with Crippen molar-refractivity contribution in [3.8, 4) is 0 Å². The van der Waals surface area contributed by atoms with E-state index in [1.165, 1.54) is 0 Å². The van der Waals surface area contributed by atoms with Gasteiger partial charge in [0.05, 0.1) is 0 Å². The molecule has 0 aromatic carbocycles. The molecule has 2 rings (SSSR count). The summed E-state index contributed by atoms with van der Waals surface area (Å²) in [6.07, 6.45) is 1.40. The van der Waals surface area contributed by atoms with Gasteiger partial charge in [-0.05, 0) is 20.3 Å². The molecule has 0 radical (unpaired) electrons. The first kappa shape index (κ1) is 13.1. The number of rotatable bonds is 2. The minimum absolute atomic E-state index is 0.196. The third-order valence-corrected chi connectivity index (χ3v) is 3.53. The molecule has 0 spiro atoms. The van der Waals surface area contributed by atoms with Crippen molar-refractivity contribution in [3.63, 3.8) is 0 Å². The zero-order valence-electron chi connectivity index (χ0n) is 10.8. The van der Waals surface area contributed by atoms with Crippen LogP contribution >= 0.6 is 11.6 Å². The van der Waals surface area contributed by atoms with Crippen LogP contribution in [-0.4, -0.2) is 40.4 Å². The van der Waals surface area contributed by atoms with Gasteiger partial charge in [-0.2, -0.15) is 0 Å². The van der Waals surface area contributed by atoms with Crippen molar-refractivity contribution in [2.75, 3.05) is 18.9 Å². The monoisotopic (exact) mass is 268 g/mol. The van der Waals surface area contributed by atoms with Crippen molar-refractivity contribution < 1.29 is 4.79 Å². The molecule has 1 saturated heterocycles. The Kier molecular flexibility index (Phi) is 3.71. The maximum atomic E-state index is 11.4. The Hall–Kier alpha value is -1.36. The number of likely N-dealkylation sites (N-methyl/N-ethyl adjacent to an activating group) is 1. The average molecular weight is 269 g/mol. The first-order chi connectivity index (χ1) is 8.47. The van der Waals surface area contributed by atoms with Crippen LogP contribution < -0.4 is 5.32 Å². The lowest BCUT2D eigenvalue weighted by Crippen LogP contribution is -2.43. The highest BCUT2D eigenvalue weighted by molar-refractivity contribution is 6.30. The number of aromatic nitrogens is 2. The van der Waals surface area contributed by atoms with Crippen LogP contribution in [0.4, 0.5) is 5.82 Å². The highest BCUT2D eigenvalue weighted by atomic mass is 35.5. The largest absolute Gasteiger partial charge is 0.365 e. The van der Waals surface area contributed by atoms with Crippen molar-refractivity contribution in [2.24, 2.45) is 0 Å². The summed E-state index contributed by atoms with van der Waals surface area (Å²) in [5, 5.41) is 3.83. The van der Waals surface area contributed by atoms with Gasteiger partial charge in [0.1, 0.15) is 16.8 Å². The Morgan fingerprint density at radius 3 is 2.78 bits per heavy atom. The van der Waals surface area contributed by atoms with Crippen LogP contribution in [0.2, 0.25) is 5.15 Å². The SMILES string of the molecule is Cc1nc(Cl)c(C)c(NC2CCC(=O)N(C)C2)n1. The molecule has 1 aliphatic rings. The lowest BCUT2D eigenvalue weighted by Gasteiger charge is -2.30. The van der Waals surface area contributed by atoms with E-state index in [-0.39, 0.29) is 11.9 Å². The fourth-order valence-electron chi connectivity index (χ4n) is 2.06. The highest BCUT2D eigenvalue weighted by Gasteiger charge is 2.23. The molecule has 98 valence electrons. The fraction of sp³-hybridized carbons (Fsp3) is 0.583. The van der Waals surface area contributed by atoms with E-state index in [1.54, 1.807) is 4.90 Å². The normalized spacial score (nSPS) is 20.1. The third kappa shape index (κ3) is 2.72. The number of anilines is 1. The smallest absolute Gasteiger partial charge is 0.222 e. The minimum Gasteiger partial charge on any atom is -0.365 e. The van der Waals surface area contributed by atoms with Gasteiger partial charge in [-0.3, -0.25) is 4.79 Å². The first-order valence-electron chi connectivity index (χ1n) is 5.98. The lowest BCUT2D eigenvalue weighted by molar-refractivity contribution is -0.132. The second-order valence-electron chi connectivity index (χ2n) is 4.69. The highest BCUT2D eigenvalue weighted by Crippen LogP contribution is 2.22. The van der Waals surface area contributed by atoms with E-state index in [9.17, 15) is 4.79 Å². The molecule has 1 amide bonds. The molecule has 2 heterocycles. The number of piperidine rings is 1. The topological polar surface area (TPSA) is 58.1 Å². The van der Waals surface area contributed by atoms with Crippen LogP contribution in [0.15, 0.2) is 0 Å². The molecule has 1 fully saturated rings. The summed E-state index contributed by atoms with van der Waals surface area (Å²) in [4.78, 5) is 21.6. The van der Waals surface area contributed by atoms with E-state index in [2.05, 4.69) is 15.3 Å². The van der Waals surface area contributed by atoms with E-state index in [0.717, 1.165) is 17.8 Å². The van der Waals surface area contributed by atoms with Crippen molar-refractivity contribution >= 4 is 23.3 Å². The predicted octanol–water partition coefficient (Wildman–Crippen LogP) is 1.78. The molecule has 0 saturated carbocycles. The van der Waals surface area contributed by atoms with E-state index < -0.39 is 0 Å². The van der Waals surface area contributed by atoms with Gasteiger partial charge >= 0.3 is 0 Å². The molecular weight excluding hydrogens is 252 g/mol. The molecule has 6 heteroatoms. The van der Waals surface area contributed by atoms with Gasteiger partial charge in [0.15, 0.2) is 0 Å². The zero-order valence-corrected chi connectivity index (χ0v) is 11.6. The van der Waals surface area contributed by atoms with Crippen LogP contribution in [0.3, 0.4) is 0 Å². The summed E-state index contributed by atoms with van der Waals surface area (Å²) >= 11 is 6.03. The van der Waals surface area contributed by atoms with Crippen LogP contribution in [0.1, 0.15) is 24.2 Å². The van der Waals surface area contributed by atoms with Crippen LogP contribution in [-0.2, 0) is 4.79 Å². The molecule has 18 heavy (non-hydrogen) atoms. The van der Waals surface area contributed by atoms with Crippen molar-refractivity contribution in [2.45, 2.75) is 32.7 Å². The van der Waals surface area contributed by atoms with E-state index in [1.807, 2.05) is 20.9 Å². The van der Waals surface area contributed by atoms with E-state index in [0.29, 0.717) is 23.9 Å². The molecule has 0 aliphatic carbocycles. The summed E-state index contributed by atoms with van der Waals surface area (Å²) in [6.45, 7) is 4.40. The fourth-order valence-corrected chi connectivity index (χ4v) is 2.27. The number of hydrogen-bond acceptors (Lipinski definition) is 4. The molecule has 1 aliphatic heterocycles. The molecule has 0 bridgehead atoms. The van der Waals surface area contributed by atoms with Crippen molar-refractivity contribution in [1.82, 2.24) is 14.9 Å². The van der Waals surface area contributed by atoms with Crippen LogP contribution in [0, 0.1) is 13.8 Å². The number of aryl methyl sites for hydroxylation is 1. The Morgan fingerprint density at radius 1 is 1.39 bits per heavy atom. The van der Waals surface area contributed by atoms with E-state index in [4.69, 9.17) is 11.6 Å². The molecule has 1 N–H and O–H groups in total. The second kappa shape index (κ2) is 5.10. The molecule has 1 unspecified atom stereocenters. The number of halogens is 1. The van der Waals surface area contributed by atoms with Gasteiger partial charge in [0.25, 0.3) is 0 Å². The Bertz CT molecular complexity index is 477. The minimum atomic E-state index is 0.196. The number of carbonyl (C=O) groups is 1. The molecule has 1 aromatic heterocycles. The van der Waals surface area contributed by atoms with Gasteiger partial charge in [-0.1, -0.05) is 11.6 Å². The molecule has 1 aromatic rings. The van der Waals surface area contributed by atoms with Crippen LogP contribution in [0.5, 0.6) is 0 Å². The predicted molar refractivity (Wildman–Crippen MR) is 70.8 cm³/mol. The third-order valence-electron chi connectivity index (χ3n) is 3.17. The van der Waals surface area contributed by atoms with Gasteiger partial charge in [-0.25, -0.2) is 9.97 Å². The van der Waals surface area contributed by atoms with Crippen molar-refractivity contribution in [3.05, 3.63) is 16.5 Å². The average Bonchev–Trinajstić information content (AvgIpc) is 2.30. The number of nitrogens with one attached hydrogen (secondary N) is 1. The standard InChI is InChI=1S/C12H17ClN4O/c1-7-11(13)14-8(2)15-12(7)16-9-4-5-10(18)17(3)6-9/h9H,4-6H2,1-3H3,(H,14,15,16). The summed E-state index contributed by atoms with van der Waals surface area (Å²) < 4.78 is 0. The Labute approximate surface area is 112 Å². The zero-order chi connectivity index (χ0) is 13.3. The summed E-state index contributed by atoms with van der Waals surface area (Å²) in [5.74, 6) is 1.61. The first-order valence-corrected chi connectivity index (χ1v) is 6.36. The second-order valence-corrected chi connectivity index (χ2v) is 5.05. The van der Waals surface area contributed by atoms with Crippen LogP contribution in [0.25, 0.3) is 0 Å². The number of hydrogen-bond donors (Lipinski definition) is 1. The van der Waals surface area contributed by atoms with Gasteiger partial charge in [-0.15, -0.1) is 0 Å². The molecule has 1 atom stereocenters. The maximum Gasteiger partial charge on any atom is 0.222 e. The lowest BCUT2D eigenvalue weighted by atomic mass is 10.1. The summed E-state index contributed by atoms with van der Waals surface area (Å²) in [7, 11) is 1.82. The number of nitrogens with zero attached hydrogens (tertiary/aromatic N) is 3. The maximum absolute atomic E-state index is 11.4. The van der Waals surface area contributed by atoms with Gasteiger partial charge in [0, 0.05) is 31.6 Å². The number of carbonyl (C=O) groups excluding carboxylic acids is 1. The quantitative estimate of drug-likeness (QED) is 0.831. The van der Waals surface area contributed by atoms with Gasteiger partial charge < -0.3 is 10.2 Å². The summed E-state index contributed by atoms with van der Waals surface area (Å²) in [5.41, 5.74) is 0.849. The summed E-state index contributed by atoms with van der Waals surface area (Å²) in [6, 6.07) is 0.219. The molecular formula is C12H17ClN4O. The number of likely N-dealkylation sites (tertiary alicyclic amines) is 1.